The number of hydrogen-bond donors (Lipinski definition) is 6. The predicted octanol–water partition coefficient (Wildman–Crippen LogP) is 0.0671. The third-order valence-electron chi connectivity index (χ3n) is 5.66. The fourth-order valence-electron chi connectivity index (χ4n) is 3.81. The van der Waals surface area contributed by atoms with Gasteiger partial charge in [0.05, 0.1) is 20.8 Å². The molecule has 5 atom stereocenters. The number of ether oxygens (including phenoxy) is 4. The molecule has 0 bridgehead atoms. The first-order valence-corrected chi connectivity index (χ1v) is 10.4. The molecule has 4 rings (SSSR count). The number of benzene rings is 2. The SMILES string of the molecule is COc1cc(-c2cc(=O)c3c(O)cc(O[C@H]4O[C@@H](CO)[C@H](O)[C@@H](O)[C@@H]4O)c(OC)c3o2)ccc1O. The Morgan fingerprint density at radius 1 is 0.914 bits per heavy atom. The Labute approximate surface area is 197 Å². The number of phenolic OH excluding ortho intramolecular Hbond substituents is 2. The molecule has 2 heterocycles. The Kier molecular flexibility index (Phi) is 6.74. The van der Waals surface area contributed by atoms with Crippen molar-refractivity contribution in [3.8, 4) is 40.1 Å². The molecule has 1 aromatic heterocycles. The summed E-state index contributed by atoms with van der Waals surface area (Å²) in [4.78, 5) is 12.8. The van der Waals surface area contributed by atoms with E-state index in [2.05, 4.69) is 0 Å². The fourth-order valence-corrected chi connectivity index (χ4v) is 3.81. The van der Waals surface area contributed by atoms with Gasteiger partial charge in [-0.2, -0.15) is 0 Å². The molecule has 6 N–H and O–H groups in total. The molecule has 3 aromatic rings. The zero-order chi connectivity index (χ0) is 25.4. The summed E-state index contributed by atoms with van der Waals surface area (Å²) in [7, 11) is 2.61. The van der Waals surface area contributed by atoms with Crippen LogP contribution < -0.4 is 19.6 Å². The number of aliphatic hydroxyl groups excluding tert-OH is 4. The van der Waals surface area contributed by atoms with Gasteiger partial charge in [-0.1, -0.05) is 0 Å². The molecule has 0 radical (unpaired) electrons. The highest BCUT2D eigenvalue weighted by Crippen LogP contribution is 2.42. The summed E-state index contributed by atoms with van der Waals surface area (Å²) < 4.78 is 27.3. The van der Waals surface area contributed by atoms with E-state index in [-0.39, 0.29) is 39.7 Å². The molecular formula is C23H24O12. The van der Waals surface area contributed by atoms with Gasteiger partial charge < -0.3 is 54.0 Å². The molecule has 0 spiro atoms. The van der Waals surface area contributed by atoms with Crippen LogP contribution in [0.4, 0.5) is 0 Å². The van der Waals surface area contributed by atoms with Gasteiger partial charge in [-0.25, -0.2) is 0 Å². The van der Waals surface area contributed by atoms with E-state index in [1.54, 1.807) is 0 Å². The summed E-state index contributed by atoms with van der Waals surface area (Å²) in [6.45, 7) is -0.667. The molecule has 188 valence electrons. The predicted molar refractivity (Wildman–Crippen MR) is 119 cm³/mol. The topological polar surface area (TPSA) is 189 Å². The largest absolute Gasteiger partial charge is 0.507 e. The highest BCUT2D eigenvalue weighted by atomic mass is 16.7. The first-order chi connectivity index (χ1) is 16.7. The van der Waals surface area contributed by atoms with Crippen LogP contribution in [-0.2, 0) is 4.74 Å². The average Bonchev–Trinajstić information content (AvgIpc) is 2.84. The molecule has 2 aromatic carbocycles. The summed E-state index contributed by atoms with van der Waals surface area (Å²) in [5, 5.41) is 59.8. The fraction of sp³-hybridized carbons (Fsp3) is 0.348. The van der Waals surface area contributed by atoms with Crippen molar-refractivity contribution < 1.29 is 54.0 Å². The lowest BCUT2D eigenvalue weighted by Gasteiger charge is -2.39. The standard InChI is InChI=1S/C23H24O12/c1-31-14-5-9(3-4-10(14)25)13-6-11(26)17-12(27)7-15(21(32-2)22(17)33-13)34-23-20(30)19(29)18(28)16(8-24)35-23/h3-7,16,18-20,23-25,27-30H,8H2,1-2H3/t16-,18-,19+,20-,23-/m0/s1. The van der Waals surface area contributed by atoms with Gasteiger partial charge in [-0.05, 0) is 18.2 Å². The van der Waals surface area contributed by atoms with Crippen molar-refractivity contribution in [2.45, 2.75) is 30.7 Å². The number of aliphatic hydroxyl groups is 4. The van der Waals surface area contributed by atoms with Crippen LogP contribution in [0.3, 0.4) is 0 Å². The van der Waals surface area contributed by atoms with Crippen LogP contribution in [0, 0.1) is 0 Å². The van der Waals surface area contributed by atoms with E-state index in [9.17, 15) is 35.4 Å². The molecule has 1 saturated heterocycles. The van der Waals surface area contributed by atoms with Gasteiger partial charge in [0.2, 0.25) is 12.0 Å². The molecule has 1 aliphatic heterocycles. The Hall–Kier alpha value is -3.55. The van der Waals surface area contributed by atoms with E-state index in [1.807, 2.05) is 0 Å². The van der Waals surface area contributed by atoms with Crippen molar-refractivity contribution >= 4 is 11.0 Å². The average molecular weight is 492 g/mol. The van der Waals surface area contributed by atoms with Crippen LogP contribution >= 0.6 is 0 Å². The molecule has 0 saturated carbocycles. The number of aromatic hydroxyl groups is 2. The van der Waals surface area contributed by atoms with Gasteiger partial charge in [-0.3, -0.25) is 4.79 Å². The minimum atomic E-state index is -1.72. The molecule has 1 fully saturated rings. The Morgan fingerprint density at radius 3 is 2.31 bits per heavy atom. The Morgan fingerprint density at radius 2 is 1.66 bits per heavy atom. The minimum absolute atomic E-state index is 0.0588. The maximum absolute atomic E-state index is 12.8. The lowest BCUT2D eigenvalue weighted by molar-refractivity contribution is -0.277. The molecule has 0 amide bonds. The van der Waals surface area contributed by atoms with Crippen molar-refractivity contribution in [1.29, 1.82) is 0 Å². The first-order valence-electron chi connectivity index (χ1n) is 10.4. The lowest BCUT2D eigenvalue weighted by atomic mass is 9.99. The summed E-state index contributed by atoms with van der Waals surface area (Å²) in [6, 6.07) is 6.47. The summed E-state index contributed by atoms with van der Waals surface area (Å²) in [5.74, 6) is -0.804. The van der Waals surface area contributed by atoms with Crippen molar-refractivity contribution in [1.82, 2.24) is 0 Å². The van der Waals surface area contributed by atoms with Gasteiger partial charge >= 0.3 is 0 Å². The second kappa shape index (κ2) is 9.60. The van der Waals surface area contributed by atoms with E-state index in [1.165, 1.54) is 32.4 Å². The van der Waals surface area contributed by atoms with Crippen LogP contribution in [0.15, 0.2) is 39.5 Å². The van der Waals surface area contributed by atoms with Gasteiger partial charge in [-0.15, -0.1) is 0 Å². The maximum atomic E-state index is 12.8. The van der Waals surface area contributed by atoms with Crippen molar-refractivity contribution in [3.05, 3.63) is 40.6 Å². The molecule has 12 heteroatoms. The second-order valence-corrected chi connectivity index (χ2v) is 7.81. The van der Waals surface area contributed by atoms with Crippen LogP contribution in [0.1, 0.15) is 0 Å². The summed E-state index contributed by atoms with van der Waals surface area (Å²) in [5.41, 5.74) is -0.425. The normalized spacial score (nSPS) is 24.3. The zero-order valence-corrected chi connectivity index (χ0v) is 18.6. The number of rotatable bonds is 6. The van der Waals surface area contributed by atoms with Crippen LogP contribution in [-0.4, -0.2) is 82.2 Å². The number of hydrogen-bond acceptors (Lipinski definition) is 12. The molecular weight excluding hydrogens is 468 g/mol. The summed E-state index contributed by atoms with van der Waals surface area (Å²) in [6.07, 6.45) is -7.82. The second-order valence-electron chi connectivity index (χ2n) is 7.81. The van der Waals surface area contributed by atoms with Crippen LogP contribution in [0.25, 0.3) is 22.3 Å². The van der Waals surface area contributed by atoms with E-state index in [4.69, 9.17) is 23.4 Å². The Balaban J connectivity index is 1.82. The smallest absolute Gasteiger partial charge is 0.229 e. The van der Waals surface area contributed by atoms with Gasteiger partial charge in [0.25, 0.3) is 0 Å². The van der Waals surface area contributed by atoms with Crippen molar-refractivity contribution in [2.75, 3.05) is 20.8 Å². The number of methoxy groups -OCH3 is 2. The van der Waals surface area contributed by atoms with E-state index >= 15 is 0 Å². The van der Waals surface area contributed by atoms with Crippen LogP contribution in [0.5, 0.6) is 28.7 Å². The Bertz CT molecular complexity index is 1280. The molecule has 35 heavy (non-hydrogen) atoms. The highest BCUT2D eigenvalue weighted by Gasteiger charge is 2.45. The van der Waals surface area contributed by atoms with Crippen molar-refractivity contribution in [2.24, 2.45) is 0 Å². The maximum Gasteiger partial charge on any atom is 0.229 e. The lowest BCUT2D eigenvalue weighted by Crippen LogP contribution is -2.60. The molecule has 0 aliphatic carbocycles. The van der Waals surface area contributed by atoms with E-state index < -0.39 is 48.5 Å². The van der Waals surface area contributed by atoms with Crippen LogP contribution in [0.2, 0.25) is 0 Å². The van der Waals surface area contributed by atoms with E-state index in [0.29, 0.717) is 5.56 Å². The first kappa shape index (κ1) is 24.6. The third-order valence-corrected chi connectivity index (χ3v) is 5.66. The highest BCUT2D eigenvalue weighted by molar-refractivity contribution is 5.91. The molecule has 0 unspecified atom stereocenters. The summed E-state index contributed by atoms with van der Waals surface area (Å²) >= 11 is 0. The minimum Gasteiger partial charge on any atom is -0.507 e. The number of phenols is 2. The van der Waals surface area contributed by atoms with Gasteiger partial charge in [0, 0.05) is 17.7 Å². The zero-order valence-electron chi connectivity index (χ0n) is 18.6. The van der Waals surface area contributed by atoms with Gasteiger partial charge in [0.1, 0.15) is 41.3 Å². The number of fused-ring (bicyclic) bond motifs is 1. The third kappa shape index (κ3) is 4.33. The molecule has 1 aliphatic rings. The monoisotopic (exact) mass is 492 g/mol. The van der Waals surface area contributed by atoms with E-state index in [0.717, 1.165) is 12.1 Å². The molecule has 12 nitrogen and oxygen atoms in total. The van der Waals surface area contributed by atoms with Gasteiger partial charge in [0.15, 0.2) is 28.3 Å². The quantitative estimate of drug-likeness (QED) is 0.272. The van der Waals surface area contributed by atoms with Crippen molar-refractivity contribution in [3.63, 3.8) is 0 Å².